The number of rotatable bonds is 3. The molecular formula is C13H17ClN2O3S. The van der Waals surface area contributed by atoms with Crippen molar-refractivity contribution in [1.29, 1.82) is 0 Å². The third-order valence-corrected chi connectivity index (χ3v) is 4.99. The van der Waals surface area contributed by atoms with E-state index in [1.54, 1.807) is 12.1 Å². The van der Waals surface area contributed by atoms with E-state index in [9.17, 15) is 13.2 Å². The normalized spacial score (nSPS) is 16.0. The highest BCUT2D eigenvalue weighted by Gasteiger charge is 2.19. The molecule has 1 aromatic rings. The van der Waals surface area contributed by atoms with Crippen molar-refractivity contribution in [2.24, 2.45) is 0 Å². The summed E-state index contributed by atoms with van der Waals surface area (Å²) in [5.41, 5.74) is 0.874. The maximum absolute atomic E-state index is 12.2. The van der Waals surface area contributed by atoms with Gasteiger partial charge in [-0.05, 0) is 43.5 Å². The summed E-state index contributed by atoms with van der Waals surface area (Å²) in [6.45, 7) is 1.57. The van der Waals surface area contributed by atoms with Crippen LogP contribution in [0.25, 0.3) is 0 Å². The van der Waals surface area contributed by atoms with Gasteiger partial charge in [-0.3, -0.25) is 4.79 Å². The van der Waals surface area contributed by atoms with Crippen LogP contribution in [0, 0.1) is 0 Å². The first-order valence-electron chi connectivity index (χ1n) is 6.45. The fourth-order valence-corrected chi connectivity index (χ4v) is 2.81. The lowest BCUT2D eigenvalue weighted by Crippen LogP contribution is -2.35. The first-order valence-corrected chi connectivity index (χ1v) is 8.63. The predicted molar refractivity (Wildman–Crippen MR) is 79.4 cm³/mol. The van der Waals surface area contributed by atoms with Gasteiger partial charge in [0.25, 0.3) is 5.91 Å². The molecule has 110 valence electrons. The molecular weight excluding hydrogens is 300 g/mol. The zero-order valence-electron chi connectivity index (χ0n) is 11.3. The highest BCUT2D eigenvalue weighted by Crippen LogP contribution is 2.21. The molecule has 0 radical (unpaired) electrons. The summed E-state index contributed by atoms with van der Waals surface area (Å²) >= 11 is 5.71. The average molecular weight is 317 g/mol. The number of carbonyl (C=O) groups is 1. The van der Waals surface area contributed by atoms with Crippen LogP contribution in [-0.2, 0) is 10.0 Å². The number of sulfonamides is 1. The molecule has 1 saturated heterocycles. The number of piperidine rings is 1. The van der Waals surface area contributed by atoms with Crippen molar-refractivity contribution in [3.8, 4) is 0 Å². The van der Waals surface area contributed by atoms with Gasteiger partial charge in [0.2, 0.25) is 10.0 Å². The molecule has 1 amide bonds. The molecule has 1 aliphatic rings. The van der Waals surface area contributed by atoms with Crippen LogP contribution in [0.2, 0.25) is 0 Å². The minimum atomic E-state index is -3.51. The molecule has 1 aromatic carbocycles. The van der Waals surface area contributed by atoms with Crippen LogP contribution in [0.5, 0.6) is 0 Å². The number of nitrogens with zero attached hydrogens (tertiary/aromatic N) is 2. The number of halogens is 1. The first kappa shape index (κ1) is 15.1. The molecule has 0 atom stereocenters. The van der Waals surface area contributed by atoms with Crippen LogP contribution < -0.4 is 3.82 Å². The Morgan fingerprint density at radius 3 is 2.20 bits per heavy atom. The van der Waals surface area contributed by atoms with Crippen LogP contribution in [0.1, 0.15) is 29.6 Å². The molecule has 0 aromatic heterocycles. The predicted octanol–water partition coefficient (Wildman–Crippen LogP) is 2.23. The van der Waals surface area contributed by atoms with Crippen molar-refractivity contribution in [3.05, 3.63) is 29.8 Å². The lowest BCUT2D eigenvalue weighted by atomic mass is 10.1. The Kier molecular flexibility index (Phi) is 4.55. The van der Waals surface area contributed by atoms with Crippen molar-refractivity contribution in [1.82, 2.24) is 4.90 Å². The number of benzene rings is 1. The topological polar surface area (TPSA) is 57.7 Å². The Balaban J connectivity index is 2.13. The van der Waals surface area contributed by atoms with E-state index >= 15 is 0 Å². The van der Waals surface area contributed by atoms with Crippen LogP contribution in [-0.4, -0.2) is 38.6 Å². The number of hydrogen-bond acceptors (Lipinski definition) is 3. The highest BCUT2D eigenvalue weighted by atomic mass is 35.5. The molecule has 1 aliphatic heterocycles. The summed E-state index contributed by atoms with van der Waals surface area (Å²) in [6, 6.07) is 6.27. The number of likely N-dealkylation sites (tertiary alicyclic amines) is 1. The van der Waals surface area contributed by atoms with Crippen molar-refractivity contribution in [3.63, 3.8) is 0 Å². The third kappa shape index (κ3) is 3.43. The van der Waals surface area contributed by atoms with E-state index in [1.807, 2.05) is 4.90 Å². The molecule has 1 fully saturated rings. The van der Waals surface area contributed by atoms with Crippen LogP contribution in [0.4, 0.5) is 5.69 Å². The van der Waals surface area contributed by atoms with Gasteiger partial charge in [-0.25, -0.2) is 8.42 Å². The van der Waals surface area contributed by atoms with Gasteiger partial charge in [0.05, 0.1) is 11.9 Å². The quantitative estimate of drug-likeness (QED) is 0.804. The second-order valence-corrected chi connectivity index (χ2v) is 7.25. The maximum Gasteiger partial charge on any atom is 0.253 e. The summed E-state index contributed by atoms with van der Waals surface area (Å²) in [6.07, 6.45) is 4.26. The van der Waals surface area contributed by atoms with Gasteiger partial charge < -0.3 is 4.90 Å². The fraction of sp³-hybridized carbons (Fsp3) is 0.462. The summed E-state index contributed by atoms with van der Waals surface area (Å²) in [7, 11) is -3.51. The molecule has 0 bridgehead atoms. The number of hydrogen-bond donors (Lipinski definition) is 0. The van der Waals surface area contributed by atoms with Gasteiger partial charge in [0.1, 0.15) is 0 Å². The van der Waals surface area contributed by atoms with Gasteiger partial charge in [0.15, 0.2) is 0 Å². The van der Waals surface area contributed by atoms with Crippen LogP contribution in [0.3, 0.4) is 0 Å². The van der Waals surface area contributed by atoms with Crippen LogP contribution >= 0.6 is 11.8 Å². The Bertz CT molecular complexity index is 580. The molecule has 2 rings (SSSR count). The summed E-state index contributed by atoms with van der Waals surface area (Å²) in [4.78, 5) is 14.1. The summed E-state index contributed by atoms with van der Waals surface area (Å²) < 4.78 is 23.3. The lowest BCUT2D eigenvalue weighted by molar-refractivity contribution is 0.0724. The minimum absolute atomic E-state index is 0.0169. The zero-order valence-corrected chi connectivity index (χ0v) is 12.8. The molecule has 0 aliphatic carbocycles. The lowest BCUT2D eigenvalue weighted by Gasteiger charge is -2.26. The molecule has 0 spiro atoms. The second kappa shape index (κ2) is 6.01. The Hall–Kier alpha value is -1.27. The molecule has 20 heavy (non-hydrogen) atoms. The van der Waals surface area contributed by atoms with Crippen molar-refractivity contribution < 1.29 is 13.2 Å². The largest absolute Gasteiger partial charge is 0.339 e. The molecule has 7 heteroatoms. The van der Waals surface area contributed by atoms with Gasteiger partial charge >= 0.3 is 0 Å². The van der Waals surface area contributed by atoms with E-state index in [-0.39, 0.29) is 5.91 Å². The van der Waals surface area contributed by atoms with Gasteiger partial charge in [0, 0.05) is 30.4 Å². The van der Waals surface area contributed by atoms with Crippen molar-refractivity contribution in [2.75, 3.05) is 23.2 Å². The standard InChI is InChI=1S/C13H17ClN2O3S/c1-20(18,19)16(14)12-7-5-11(6-8-12)13(17)15-9-3-2-4-10-15/h5-8H,2-4,9-10H2,1H3. The second-order valence-electron chi connectivity index (χ2n) is 4.88. The van der Waals surface area contributed by atoms with E-state index in [4.69, 9.17) is 11.8 Å². The van der Waals surface area contributed by atoms with E-state index in [2.05, 4.69) is 0 Å². The van der Waals surface area contributed by atoms with Crippen LogP contribution in [0.15, 0.2) is 24.3 Å². The Morgan fingerprint density at radius 2 is 1.70 bits per heavy atom. The molecule has 1 heterocycles. The smallest absolute Gasteiger partial charge is 0.253 e. The molecule has 0 unspecified atom stereocenters. The van der Waals surface area contributed by atoms with Crippen molar-refractivity contribution in [2.45, 2.75) is 19.3 Å². The van der Waals surface area contributed by atoms with Gasteiger partial charge in [-0.1, -0.05) is 0 Å². The maximum atomic E-state index is 12.2. The highest BCUT2D eigenvalue weighted by molar-refractivity contribution is 7.93. The Morgan fingerprint density at radius 1 is 1.15 bits per heavy atom. The molecule has 0 N–H and O–H groups in total. The SMILES string of the molecule is CS(=O)(=O)N(Cl)c1ccc(C(=O)N2CCCCC2)cc1. The van der Waals surface area contributed by atoms with Crippen molar-refractivity contribution >= 4 is 33.4 Å². The number of amides is 1. The first-order chi connectivity index (χ1) is 9.39. The third-order valence-electron chi connectivity index (χ3n) is 3.25. The summed E-state index contributed by atoms with van der Waals surface area (Å²) in [5, 5.41) is 0. The van der Waals surface area contributed by atoms with Gasteiger partial charge in [-0.2, -0.15) is 3.82 Å². The summed E-state index contributed by atoms with van der Waals surface area (Å²) in [5.74, 6) is -0.0169. The van der Waals surface area contributed by atoms with E-state index in [0.29, 0.717) is 15.1 Å². The monoisotopic (exact) mass is 316 g/mol. The molecule has 5 nitrogen and oxygen atoms in total. The number of anilines is 1. The average Bonchev–Trinajstić information content (AvgIpc) is 2.46. The minimum Gasteiger partial charge on any atom is -0.339 e. The van der Waals surface area contributed by atoms with Gasteiger partial charge in [-0.15, -0.1) is 0 Å². The van der Waals surface area contributed by atoms with E-state index < -0.39 is 10.0 Å². The fourth-order valence-electron chi connectivity index (χ4n) is 2.19. The number of carbonyl (C=O) groups excluding carboxylic acids is 1. The van der Waals surface area contributed by atoms with E-state index in [1.165, 1.54) is 12.1 Å². The Labute approximate surface area is 124 Å². The zero-order chi connectivity index (χ0) is 14.8. The van der Waals surface area contributed by atoms with E-state index in [0.717, 1.165) is 38.6 Å². The molecule has 0 saturated carbocycles.